The molecule has 4 amide bonds. The number of ether oxygens (including phenoxy) is 3. The topological polar surface area (TPSA) is 173 Å². The molecule has 3 N–H and O–H groups in total. The molecule has 3 aliphatic carbocycles. The van der Waals surface area contributed by atoms with Crippen LogP contribution in [0.4, 0.5) is 4.79 Å². The van der Waals surface area contributed by atoms with E-state index in [1.807, 2.05) is 61.5 Å². The zero-order valence-electron chi connectivity index (χ0n) is 33.3. The van der Waals surface area contributed by atoms with Gasteiger partial charge in [0.15, 0.2) is 6.23 Å². The molecule has 7 rings (SSSR count). The number of fused-ring (bicyclic) bond motifs is 3. The highest BCUT2D eigenvalue weighted by Crippen LogP contribution is 2.46. The fraction of sp³-hybridized carbons (Fsp3) is 0.659. The van der Waals surface area contributed by atoms with Gasteiger partial charge in [0.1, 0.15) is 29.0 Å². The van der Waals surface area contributed by atoms with Crippen molar-refractivity contribution in [1.82, 2.24) is 25.2 Å². The van der Waals surface area contributed by atoms with Crippen molar-refractivity contribution in [2.24, 2.45) is 17.8 Å². The first kappa shape index (κ1) is 40.1. The maximum atomic E-state index is 14.9. The number of nitrogens with one attached hydrogen (secondary N) is 3. The van der Waals surface area contributed by atoms with Crippen LogP contribution in [-0.2, 0) is 38.6 Å². The lowest BCUT2D eigenvalue weighted by Gasteiger charge is -2.35. The Morgan fingerprint density at radius 1 is 1.00 bits per heavy atom. The quantitative estimate of drug-likeness (QED) is 0.319. The number of carbonyl (C=O) groups excluding carboxylic acids is 4. The summed E-state index contributed by atoms with van der Waals surface area (Å²) in [4.78, 5) is 59.9. The number of allylic oxidation sites excluding steroid dienone is 1. The molecule has 15 heteroatoms. The Hall–Kier alpha value is -4.11. The average molecular weight is 796 g/mol. The van der Waals surface area contributed by atoms with Gasteiger partial charge in [0.25, 0.3) is 5.91 Å². The molecule has 0 aromatic heterocycles. The number of carbonyl (C=O) groups is 4. The van der Waals surface area contributed by atoms with E-state index in [1.54, 1.807) is 20.8 Å². The van der Waals surface area contributed by atoms with Crippen LogP contribution in [0.3, 0.4) is 0 Å². The van der Waals surface area contributed by atoms with Crippen LogP contribution in [0, 0.1) is 17.8 Å². The molecule has 3 aliphatic heterocycles. The molecule has 1 unspecified atom stereocenters. The maximum absolute atomic E-state index is 14.9. The van der Waals surface area contributed by atoms with Crippen molar-refractivity contribution in [3.63, 3.8) is 0 Å². The van der Waals surface area contributed by atoms with Crippen LogP contribution in [0.2, 0.25) is 0 Å². The zero-order valence-corrected chi connectivity index (χ0v) is 34.1. The van der Waals surface area contributed by atoms with Gasteiger partial charge in [0, 0.05) is 43.3 Å². The minimum Gasteiger partial charge on any atom is -0.488 e. The largest absolute Gasteiger partial charge is 0.488 e. The lowest BCUT2D eigenvalue weighted by molar-refractivity contribution is -0.142. The van der Waals surface area contributed by atoms with E-state index in [-0.39, 0.29) is 37.3 Å². The third kappa shape index (κ3) is 8.88. The van der Waals surface area contributed by atoms with Crippen molar-refractivity contribution in [3.8, 4) is 0 Å². The van der Waals surface area contributed by atoms with Gasteiger partial charge in [0.05, 0.1) is 17.5 Å². The lowest BCUT2D eigenvalue weighted by atomic mass is 9.88. The highest BCUT2D eigenvalue weighted by molar-refractivity contribution is 7.91. The molecule has 0 radical (unpaired) electrons. The summed E-state index contributed by atoms with van der Waals surface area (Å²) in [5, 5.41) is 5.15. The molecule has 56 heavy (non-hydrogen) atoms. The summed E-state index contributed by atoms with van der Waals surface area (Å²) in [6.45, 7) is 9.28. The molecule has 3 heterocycles. The van der Waals surface area contributed by atoms with Gasteiger partial charge >= 0.3 is 6.09 Å². The van der Waals surface area contributed by atoms with Crippen LogP contribution in [0.5, 0.6) is 0 Å². The second-order valence-electron chi connectivity index (χ2n) is 17.8. The van der Waals surface area contributed by atoms with Crippen LogP contribution in [-0.4, -0.2) is 96.3 Å². The van der Waals surface area contributed by atoms with Gasteiger partial charge < -0.3 is 34.6 Å². The molecule has 0 bridgehead atoms. The van der Waals surface area contributed by atoms with E-state index in [2.05, 4.69) is 22.3 Å². The summed E-state index contributed by atoms with van der Waals surface area (Å²) in [5.41, 5.74) is -0.508. The average Bonchev–Trinajstić information content (AvgIpc) is 4.02. The van der Waals surface area contributed by atoms with Crippen LogP contribution < -0.4 is 15.4 Å². The van der Waals surface area contributed by atoms with Crippen LogP contribution in [0.25, 0.3) is 5.76 Å². The fourth-order valence-corrected chi connectivity index (χ4v) is 9.60. The summed E-state index contributed by atoms with van der Waals surface area (Å²) >= 11 is 0. The summed E-state index contributed by atoms with van der Waals surface area (Å²) in [5.74, 6) is -1.65. The van der Waals surface area contributed by atoms with Crippen molar-refractivity contribution in [3.05, 3.63) is 53.7 Å². The van der Waals surface area contributed by atoms with Crippen molar-refractivity contribution in [1.29, 1.82) is 0 Å². The van der Waals surface area contributed by atoms with Gasteiger partial charge in [0.2, 0.25) is 21.8 Å². The Morgan fingerprint density at radius 3 is 2.43 bits per heavy atom. The Bertz CT molecular complexity index is 1890. The number of amides is 4. The van der Waals surface area contributed by atoms with E-state index in [0.29, 0.717) is 25.7 Å². The summed E-state index contributed by atoms with van der Waals surface area (Å²) in [6, 6.07) is 5.74. The highest BCUT2D eigenvalue weighted by atomic mass is 32.2. The first-order valence-electron chi connectivity index (χ1n) is 20.1. The number of sulfonamides is 1. The molecule has 1 aromatic rings. The molecule has 1 aromatic carbocycles. The van der Waals surface area contributed by atoms with Gasteiger partial charge in [-0.2, -0.15) is 0 Å². The number of alkyl carbamates (subject to hydrolysis) is 1. The number of nitrogens with zero attached hydrogens (tertiary/aromatic N) is 2. The van der Waals surface area contributed by atoms with E-state index < -0.39 is 80.6 Å². The number of hydrogen-bond acceptors (Lipinski definition) is 10. The third-order valence-electron chi connectivity index (χ3n) is 11.6. The maximum Gasteiger partial charge on any atom is 0.408 e. The van der Waals surface area contributed by atoms with E-state index in [9.17, 15) is 27.6 Å². The molecule has 14 nitrogen and oxygen atoms in total. The predicted molar refractivity (Wildman–Crippen MR) is 208 cm³/mol. The number of benzene rings is 1. The lowest BCUT2D eigenvalue weighted by Crippen LogP contribution is -2.59. The smallest absolute Gasteiger partial charge is 0.408 e. The minimum absolute atomic E-state index is 0.0337. The van der Waals surface area contributed by atoms with Crippen molar-refractivity contribution < 1.29 is 41.8 Å². The standard InChI is InChI=1S/C41H57N5O9S/c1-24-11-7-8-12-26-21-41(26,38(49)44-56(51,52)29-17-18-29)43-35(47)32-20-28(22-46(32)36(48)34(25(2)19-24)42-39(50)55-40(3,4)5)54-37-31-14-10-9-13-30(31)33(23-45(37)6)53-27-15-16-27/h8-10,12-14,23-29,32,34,37H,7,11,15-22H2,1-6H3,(H,42,50)(H,43,47)(H,44,49)/b12-8-/t24-,25+,26+,28+,32-,34-,37?,41+/m0/s1. The second-order valence-corrected chi connectivity index (χ2v) is 19.8. The SMILES string of the molecule is C[C@H]1CC/C=C\[C@@H]2C[C@@]2(C(=O)NS(=O)(=O)C2CC2)NC(=O)[C@@H]2C[C@@H](OC3c4ccccc4C(OC4CC4)=CN3C)CN2C(=O)[C@@H](NC(=O)OC(C)(C)C)[C@H](C)C1. The van der Waals surface area contributed by atoms with Crippen LogP contribution >= 0.6 is 0 Å². The first-order valence-corrected chi connectivity index (χ1v) is 21.7. The fourth-order valence-electron chi connectivity index (χ4n) is 8.23. The molecular formula is C41H57N5O9S. The third-order valence-corrected chi connectivity index (χ3v) is 13.4. The van der Waals surface area contributed by atoms with Gasteiger partial charge in [-0.3, -0.25) is 19.1 Å². The second kappa shape index (κ2) is 15.3. The molecule has 4 fully saturated rings. The van der Waals surface area contributed by atoms with E-state index in [0.717, 1.165) is 36.1 Å². The summed E-state index contributed by atoms with van der Waals surface area (Å²) in [7, 11) is -2.00. The molecule has 306 valence electrons. The molecule has 3 saturated carbocycles. The first-order chi connectivity index (χ1) is 26.4. The van der Waals surface area contributed by atoms with Crippen molar-refractivity contribution >= 4 is 39.6 Å². The van der Waals surface area contributed by atoms with Crippen LogP contribution in [0.15, 0.2) is 42.6 Å². The van der Waals surface area contributed by atoms with Crippen molar-refractivity contribution in [2.75, 3.05) is 13.6 Å². The predicted octanol–water partition coefficient (Wildman–Crippen LogP) is 4.48. The van der Waals surface area contributed by atoms with E-state index in [4.69, 9.17) is 14.2 Å². The van der Waals surface area contributed by atoms with Crippen LogP contribution in [0.1, 0.15) is 110 Å². The van der Waals surface area contributed by atoms with Crippen molar-refractivity contribution in [2.45, 2.75) is 139 Å². The molecular weight excluding hydrogens is 739 g/mol. The number of hydrogen-bond donors (Lipinski definition) is 3. The molecule has 0 spiro atoms. The molecule has 6 aliphatic rings. The summed E-state index contributed by atoms with van der Waals surface area (Å²) in [6.07, 6.45) is 9.42. The molecule has 8 atom stereocenters. The normalized spacial score (nSPS) is 33.0. The van der Waals surface area contributed by atoms with Gasteiger partial charge in [-0.05, 0) is 84.0 Å². The highest BCUT2D eigenvalue weighted by Gasteiger charge is 2.62. The van der Waals surface area contributed by atoms with E-state index >= 15 is 0 Å². The zero-order chi connectivity index (χ0) is 40.2. The summed E-state index contributed by atoms with van der Waals surface area (Å²) < 4.78 is 46.7. The Morgan fingerprint density at radius 2 is 1.73 bits per heavy atom. The van der Waals surface area contributed by atoms with E-state index in [1.165, 1.54) is 4.90 Å². The molecule has 1 saturated heterocycles. The Balaban J connectivity index is 1.20. The monoisotopic (exact) mass is 795 g/mol. The van der Waals surface area contributed by atoms with Gasteiger partial charge in [-0.1, -0.05) is 50.3 Å². The minimum atomic E-state index is -3.89. The number of rotatable bonds is 8. The Labute approximate surface area is 330 Å². The Kier molecular flexibility index (Phi) is 11.0. The van der Waals surface area contributed by atoms with Gasteiger partial charge in [-0.15, -0.1) is 0 Å². The van der Waals surface area contributed by atoms with Gasteiger partial charge in [-0.25, -0.2) is 13.2 Å².